The van der Waals surface area contributed by atoms with Crippen molar-refractivity contribution in [1.82, 2.24) is 10.2 Å². The topological polar surface area (TPSA) is 86.8 Å². The molecule has 0 aliphatic heterocycles. The Hall–Kier alpha value is -3.07. The highest BCUT2D eigenvalue weighted by Crippen LogP contribution is 2.35. The Bertz CT molecular complexity index is 1380. The van der Waals surface area contributed by atoms with Gasteiger partial charge < -0.3 is 10.2 Å². The van der Waals surface area contributed by atoms with Gasteiger partial charge in [0.15, 0.2) is 0 Å². The molecular weight excluding hydrogens is 545 g/mol. The van der Waals surface area contributed by atoms with Gasteiger partial charge in [-0.3, -0.25) is 13.9 Å². The predicted molar refractivity (Wildman–Crippen MR) is 152 cm³/mol. The van der Waals surface area contributed by atoms with E-state index in [1.165, 1.54) is 29.2 Å². The van der Waals surface area contributed by atoms with Crippen molar-refractivity contribution in [1.29, 1.82) is 0 Å². The summed E-state index contributed by atoms with van der Waals surface area (Å²) in [5.41, 5.74) is 1.73. The van der Waals surface area contributed by atoms with Crippen LogP contribution in [-0.4, -0.2) is 43.8 Å². The van der Waals surface area contributed by atoms with Gasteiger partial charge in [0.05, 0.1) is 20.6 Å². The van der Waals surface area contributed by atoms with E-state index in [1.54, 1.807) is 25.1 Å². The van der Waals surface area contributed by atoms with Crippen LogP contribution in [0.3, 0.4) is 0 Å². The van der Waals surface area contributed by atoms with Crippen LogP contribution in [-0.2, 0) is 26.2 Å². The molecule has 0 fully saturated rings. The SMILES string of the molecule is Cc1ccc(S(=O)(=O)N(CC(=O)N(Cc2ccccc2)C(C)C(=O)NC(C)C)c2cccc(Cl)c2Cl)cc1. The summed E-state index contributed by atoms with van der Waals surface area (Å²) in [6.45, 7) is 6.62. The van der Waals surface area contributed by atoms with E-state index in [1.807, 2.05) is 51.1 Å². The third-order valence-electron chi connectivity index (χ3n) is 5.88. The lowest BCUT2D eigenvalue weighted by Gasteiger charge is -2.32. The molecule has 0 bridgehead atoms. The quantitative estimate of drug-likeness (QED) is 0.348. The number of benzene rings is 3. The number of carbonyl (C=O) groups excluding carboxylic acids is 2. The highest BCUT2D eigenvalue weighted by molar-refractivity contribution is 7.92. The standard InChI is InChI=1S/C28H31Cl2N3O4S/c1-19(2)31-28(35)21(4)32(17-22-9-6-5-7-10-22)26(34)18-33(25-12-8-11-24(29)27(25)30)38(36,37)23-15-13-20(3)14-16-23/h5-16,19,21H,17-18H2,1-4H3,(H,31,35). The van der Waals surface area contributed by atoms with Crippen LogP contribution in [0.15, 0.2) is 77.7 Å². The van der Waals surface area contributed by atoms with E-state index < -0.39 is 28.5 Å². The van der Waals surface area contributed by atoms with Crippen molar-refractivity contribution in [2.45, 2.75) is 51.2 Å². The van der Waals surface area contributed by atoms with Crippen molar-refractivity contribution < 1.29 is 18.0 Å². The number of hydrogen-bond donors (Lipinski definition) is 1. The van der Waals surface area contributed by atoms with Crippen molar-refractivity contribution in [3.63, 3.8) is 0 Å². The van der Waals surface area contributed by atoms with E-state index >= 15 is 0 Å². The first-order valence-corrected chi connectivity index (χ1v) is 14.3. The molecule has 0 aromatic heterocycles. The number of aryl methyl sites for hydroxylation is 1. The van der Waals surface area contributed by atoms with Gasteiger partial charge in [0.1, 0.15) is 12.6 Å². The molecule has 0 aliphatic carbocycles. The lowest BCUT2D eigenvalue weighted by molar-refractivity contribution is -0.139. The number of hydrogen-bond acceptors (Lipinski definition) is 4. The Balaban J connectivity index is 2.06. The van der Waals surface area contributed by atoms with Gasteiger partial charge >= 0.3 is 0 Å². The van der Waals surface area contributed by atoms with Gasteiger partial charge in [0.2, 0.25) is 11.8 Å². The second-order valence-electron chi connectivity index (χ2n) is 9.24. The molecule has 7 nitrogen and oxygen atoms in total. The van der Waals surface area contributed by atoms with E-state index in [0.29, 0.717) is 0 Å². The Morgan fingerprint density at radius 2 is 1.53 bits per heavy atom. The van der Waals surface area contributed by atoms with Crippen LogP contribution < -0.4 is 9.62 Å². The lowest BCUT2D eigenvalue weighted by atomic mass is 10.1. The second kappa shape index (κ2) is 12.7. The van der Waals surface area contributed by atoms with E-state index in [0.717, 1.165) is 15.4 Å². The first-order valence-electron chi connectivity index (χ1n) is 12.1. The molecule has 3 aromatic rings. The molecule has 0 saturated heterocycles. The fourth-order valence-corrected chi connectivity index (χ4v) is 5.68. The van der Waals surface area contributed by atoms with E-state index in [9.17, 15) is 18.0 Å². The molecule has 202 valence electrons. The molecule has 10 heteroatoms. The molecule has 1 atom stereocenters. The number of nitrogens with one attached hydrogen (secondary N) is 1. The van der Waals surface area contributed by atoms with Crippen LogP contribution >= 0.6 is 23.2 Å². The van der Waals surface area contributed by atoms with Crippen molar-refractivity contribution in [3.05, 3.63) is 94.0 Å². The number of amides is 2. The Kier molecular flexibility index (Phi) is 9.82. The van der Waals surface area contributed by atoms with Crippen molar-refractivity contribution in [2.24, 2.45) is 0 Å². The van der Waals surface area contributed by atoms with E-state index in [-0.39, 0.29) is 39.1 Å². The summed E-state index contributed by atoms with van der Waals surface area (Å²) < 4.78 is 28.6. The van der Waals surface area contributed by atoms with Gasteiger partial charge in [0.25, 0.3) is 10.0 Å². The number of rotatable bonds is 10. The summed E-state index contributed by atoms with van der Waals surface area (Å²) in [7, 11) is -4.23. The van der Waals surface area contributed by atoms with Crippen LogP contribution in [0.5, 0.6) is 0 Å². The zero-order valence-corrected chi connectivity index (χ0v) is 24.0. The van der Waals surface area contributed by atoms with E-state index in [4.69, 9.17) is 23.2 Å². The highest BCUT2D eigenvalue weighted by Gasteiger charge is 2.33. The summed E-state index contributed by atoms with van der Waals surface area (Å²) >= 11 is 12.7. The van der Waals surface area contributed by atoms with E-state index in [2.05, 4.69) is 5.32 Å². The molecular formula is C28H31Cl2N3O4S. The van der Waals surface area contributed by atoms with Gasteiger partial charge in [0, 0.05) is 12.6 Å². The third-order valence-corrected chi connectivity index (χ3v) is 8.46. The molecule has 3 aromatic carbocycles. The molecule has 0 spiro atoms. The summed E-state index contributed by atoms with van der Waals surface area (Å²) in [6.07, 6.45) is 0. The van der Waals surface area contributed by atoms with Crippen LogP contribution in [0.2, 0.25) is 10.0 Å². The lowest BCUT2D eigenvalue weighted by Crippen LogP contribution is -2.52. The Labute approximate surface area is 234 Å². The molecule has 0 heterocycles. The maximum Gasteiger partial charge on any atom is 0.264 e. The van der Waals surface area contributed by atoms with Crippen LogP contribution in [0, 0.1) is 6.92 Å². The number of halogens is 2. The molecule has 1 N–H and O–H groups in total. The maximum absolute atomic E-state index is 13.9. The van der Waals surface area contributed by atoms with Crippen LogP contribution in [0.1, 0.15) is 31.9 Å². The summed E-state index contributed by atoms with van der Waals surface area (Å²) in [5, 5.41) is 2.97. The summed E-state index contributed by atoms with van der Waals surface area (Å²) in [6, 6.07) is 19.0. The summed E-state index contributed by atoms with van der Waals surface area (Å²) in [5.74, 6) is -0.926. The van der Waals surface area contributed by atoms with Crippen LogP contribution in [0.4, 0.5) is 5.69 Å². The zero-order chi connectivity index (χ0) is 28.0. The number of sulfonamides is 1. The normalized spacial score (nSPS) is 12.2. The second-order valence-corrected chi connectivity index (χ2v) is 11.9. The number of anilines is 1. The third kappa shape index (κ3) is 7.07. The van der Waals surface area contributed by atoms with Crippen molar-refractivity contribution in [3.8, 4) is 0 Å². The smallest absolute Gasteiger partial charge is 0.264 e. The average Bonchev–Trinajstić information content (AvgIpc) is 2.87. The molecule has 38 heavy (non-hydrogen) atoms. The van der Waals surface area contributed by atoms with Gasteiger partial charge in [-0.25, -0.2) is 8.42 Å². The predicted octanol–water partition coefficient (Wildman–Crippen LogP) is 5.44. The molecule has 0 aliphatic rings. The number of nitrogens with zero attached hydrogens (tertiary/aromatic N) is 2. The number of carbonyl (C=O) groups is 2. The minimum absolute atomic E-state index is 0.00198. The van der Waals surface area contributed by atoms with Crippen molar-refractivity contribution >= 4 is 50.7 Å². The van der Waals surface area contributed by atoms with Crippen molar-refractivity contribution in [2.75, 3.05) is 10.8 Å². The first kappa shape index (κ1) is 29.5. The zero-order valence-electron chi connectivity index (χ0n) is 21.7. The molecule has 2 amide bonds. The highest BCUT2D eigenvalue weighted by atomic mass is 35.5. The fraction of sp³-hybridized carbons (Fsp3) is 0.286. The minimum Gasteiger partial charge on any atom is -0.352 e. The Morgan fingerprint density at radius 1 is 0.895 bits per heavy atom. The minimum atomic E-state index is -4.23. The molecule has 0 radical (unpaired) electrons. The largest absolute Gasteiger partial charge is 0.352 e. The van der Waals surface area contributed by atoms with Gasteiger partial charge in [-0.05, 0) is 57.5 Å². The first-order chi connectivity index (χ1) is 17.9. The molecule has 3 rings (SSSR count). The fourth-order valence-electron chi connectivity index (χ4n) is 3.80. The maximum atomic E-state index is 13.9. The summed E-state index contributed by atoms with van der Waals surface area (Å²) in [4.78, 5) is 28.1. The Morgan fingerprint density at radius 3 is 2.13 bits per heavy atom. The van der Waals surface area contributed by atoms with Crippen LogP contribution in [0.25, 0.3) is 0 Å². The monoisotopic (exact) mass is 575 g/mol. The molecule has 0 saturated carbocycles. The van der Waals surface area contributed by atoms with Gasteiger partial charge in [-0.15, -0.1) is 0 Å². The average molecular weight is 577 g/mol. The van der Waals surface area contributed by atoms with Gasteiger partial charge in [-0.1, -0.05) is 77.3 Å². The molecule has 1 unspecified atom stereocenters. The van der Waals surface area contributed by atoms with Gasteiger partial charge in [-0.2, -0.15) is 0 Å².